The molecule has 0 N–H and O–H groups in total. The van der Waals surface area contributed by atoms with Gasteiger partial charge < -0.3 is 0 Å². The van der Waals surface area contributed by atoms with Crippen LogP contribution in [0.5, 0.6) is 0 Å². The first kappa shape index (κ1) is 18.2. The molecule has 0 unspecified atom stereocenters. The predicted octanol–water partition coefficient (Wildman–Crippen LogP) is 5.61. The molecule has 0 radical (unpaired) electrons. The van der Waals surface area contributed by atoms with Gasteiger partial charge in [0.15, 0.2) is 0 Å². The summed E-state index contributed by atoms with van der Waals surface area (Å²) in [5.41, 5.74) is 5.01. The van der Waals surface area contributed by atoms with Crippen molar-refractivity contribution in [2.24, 2.45) is 0 Å². The number of hydrogen-bond acceptors (Lipinski definition) is 0. The standard InChI is InChI=1S/C18H29P.V/c1-16(2,3)12-10-13(17(4,5)6)15(19)14(11-12)18(7,8)9;/h10-11H,1-9H3;/q;+2. The molecule has 0 amide bonds. The summed E-state index contributed by atoms with van der Waals surface area (Å²) < 4.78 is 0. The Balaban J connectivity index is 3.80. The van der Waals surface area contributed by atoms with Crippen LogP contribution < -0.4 is 5.30 Å². The molecule has 1 rings (SSSR count). The van der Waals surface area contributed by atoms with Gasteiger partial charge in [-0.3, -0.25) is 0 Å². The van der Waals surface area contributed by atoms with Gasteiger partial charge in [-0.15, -0.1) is 0 Å². The SMILES string of the molecule is CC(C)(C)c1cc(C(C)(C)C)c([P]=[V+2])c(C(C)(C)C)c1. The van der Waals surface area contributed by atoms with Crippen LogP contribution in [0.1, 0.15) is 79.0 Å². The van der Waals surface area contributed by atoms with Gasteiger partial charge in [-0.25, -0.2) is 0 Å². The van der Waals surface area contributed by atoms with Crippen molar-refractivity contribution in [3.63, 3.8) is 0 Å². The number of rotatable bonds is 1. The van der Waals surface area contributed by atoms with Crippen molar-refractivity contribution in [3.8, 4) is 0 Å². The van der Waals surface area contributed by atoms with E-state index < -0.39 is 0 Å². The summed E-state index contributed by atoms with van der Waals surface area (Å²) in [5, 5.41) is 1.50. The van der Waals surface area contributed by atoms with E-state index in [1.807, 2.05) is 0 Å². The monoisotopic (exact) mass is 327 g/mol. The molecule has 0 aliphatic heterocycles. The van der Waals surface area contributed by atoms with E-state index in [4.69, 9.17) is 0 Å². The minimum absolute atomic E-state index is 0.184. The second-order valence-electron chi connectivity index (χ2n) is 8.77. The fourth-order valence-corrected chi connectivity index (χ4v) is 4.34. The Morgan fingerprint density at radius 3 is 1.25 bits per heavy atom. The van der Waals surface area contributed by atoms with Crippen molar-refractivity contribution >= 4 is 11.9 Å². The van der Waals surface area contributed by atoms with Gasteiger partial charge in [-0.05, 0) is 0 Å². The molecule has 0 fully saturated rings. The molecule has 0 aliphatic carbocycles. The van der Waals surface area contributed by atoms with Crippen LogP contribution in [0.2, 0.25) is 0 Å². The molecule has 0 saturated carbocycles. The van der Waals surface area contributed by atoms with Crippen LogP contribution in [0.4, 0.5) is 0 Å². The first-order chi connectivity index (χ1) is 8.78. The Morgan fingerprint density at radius 2 is 1.05 bits per heavy atom. The van der Waals surface area contributed by atoms with E-state index in [0.29, 0.717) is 0 Å². The molecular formula is C18H29PV+2. The molecule has 0 nitrogen and oxygen atoms in total. The zero-order valence-electron chi connectivity index (χ0n) is 14.5. The zero-order chi connectivity index (χ0) is 15.9. The first-order valence-electron chi connectivity index (χ1n) is 7.33. The Kier molecular flexibility index (Phi) is 5.19. The minimum atomic E-state index is 0.184. The second-order valence-corrected chi connectivity index (χ2v) is 10.4. The molecule has 0 heterocycles. The molecule has 0 aliphatic rings. The second kappa shape index (κ2) is 5.71. The topological polar surface area (TPSA) is 0 Å². The third-order valence-corrected chi connectivity index (χ3v) is 5.31. The molecule has 2 heteroatoms. The summed E-state index contributed by atoms with van der Waals surface area (Å²) in [6, 6.07) is 4.87. The summed E-state index contributed by atoms with van der Waals surface area (Å²) in [4.78, 5) is 0. The van der Waals surface area contributed by atoms with Crippen molar-refractivity contribution in [3.05, 3.63) is 28.8 Å². The van der Waals surface area contributed by atoms with E-state index >= 15 is 0 Å². The molecule has 1 aromatic carbocycles. The first-order valence-corrected chi connectivity index (χ1v) is 10.0. The predicted molar refractivity (Wildman–Crippen MR) is 89.1 cm³/mol. The van der Waals surface area contributed by atoms with Gasteiger partial charge in [0.1, 0.15) is 0 Å². The van der Waals surface area contributed by atoms with E-state index in [2.05, 4.69) is 90.9 Å². The average Bonchev–Trinajstić information content (AvgIpc) is 2.23. The van der Waals surface area contributed by atoms with Gasteiger partial charge in [0.2, 0.25) is 0 Å². The van der Waals surface area contributed by atoms with E-state index in [0.717, 1.165) is 0 Å². The van der Waals surface area contributed by atoms with Crippen molar-refractivity contribution in [2.45, 2.75) is 78.6 Å². The van der Waals surface area contributed by atoms with E-state index in [1.54, 1.807) is 0 Å². The molecule has 1 aromatic rings. The summed E-state index contributed by atoms with van der Waals surface area (Å²) >= 11 is 2.74. The van der Waals surface area contributed by atoms with Gasteiger partial charge in [0, 0.05) is 0 Å². The number of benzene rings is 1. The average molecular weight is 327 g/mol. The Bertz CT molecular complexity index is 473. The van der Waals surface area contributed by atoms with Gasteiger partial charge in [0.05, 0.1) is 0 Å². The van der Waals surface area contributed by atoms with Gasteiger partial charge in [0.25, 0.3) is 0 Å². The van der Waals surface area contributed by atoms with Crippen LogP contribution >= 0.6 is 6.60 Å². The van der Waals surface area contributed by atoms with Crippen molar-refractivity contribution < 1.29 is 16.5 Å². The summed E-state index contributed by atoms with van der Waals surface area (Å²) in [7, 11) is 0. The quantitative estimate of drug-likeness (QED) is 0.588. The maximum absolute atomic E-state index is 2.74. The Morgan fingerprint density at radius 1 is 0.700 bits per heavy atom. The van der Waals surface area contributed by atoms with Crippen LogP contribution in [-0.2, 0) is 32.7 Å². The third-order valence-electron chi connectivity index (χ3n) is 3.69. The molecule has 0 bridgehead atoms. The normalized spacial score (nSPS) is 13.9. The fourth-order valence-electron chi connectivity index (χ4n) is 2.32. The van der Waals surface area contributed by atoms with Crippen molar-refractivity contribution in [1.29, 1.82) is 0 Å². The van der Waals surface area contributed by atoms with Gasteiger partial charge in [-0.1, -0.05) is 0 Å². The van der Waals surface area contributed by atoms with Crippen LogP contribution in [0, 0.1) is 0 Å². The van der Waals surface area contributed by atoms with Crippen LogP contribution in [0.25, 0.3) is 0 Å². The maximum atomic E-state index is 2.74. The molecule has 0 spiro atoms. The third kappa shape index (κ3) is 4.06. The zero-order valence-corrected chi connectivity index (χ0v) is 16.8. The molecular weight excluding hydrogens is 298 g/mol. The Hall–Kier alpha value is 0.104. The van der Waals surface area contributed by atoms with E-state index in [1.165, 1.54) is 28.6 Å². The van der Waals surface area contributed by atoms with E-state index in [-0.39, 0.29) is 16.2 Å². The van der Waals surface area contributed by atoms with Crippen molar-refractivity contribution in [1.82, 2.24) is 0 Å². The molecule has 20 heavy (non-hydrogen) atoms. The number of hydrogen-bond donors (Lipinski definition) is 0. The fraction of sp³-hybridized carbons (Fsp3) is 0.667. The van der Waals surface area contributed by atoms with Crippen LogP contribution in [-0.4, -0.2) is 0 Å². The van der Waals surface area contributed by atoms with Crippen LogP contribution in [0.15, 0.2) is 12.1 Å². The summed E-state index contributed by atoms with van der Waals surface area (Å²) in [6.07, 6.45) is 0. The molecule has 109 valence electrons. The summed E-state index contributed by atoms with van der Waals surface area (Å²) in [6.45, 7) is 22.2. The summed E-state index contributed by atoms with van der Waals surface area (Å²) in [5.74, 6) is 0. The Labute approximate surface area is 135 Å². The molecule has 0 aromatic heterocycles. The van der Waals surface area contributed by atoms with E-state index in [9.17, 15) is 0 Å². The van der Waals surface area contributed by atoms with Crippen LogP contribution in [0.3, 0.4) is 0 Å². The van der Waals surface area contributed by atoms with Gasteiger partial charge in [-0.2, -0.15) is 0 Å². The van der Waals surface area contributed by atoms with Crippen molar-refractivity contribution in [2.75, 3.05) is 0 Å². The molecule has 0 saturated heterocycles. The van der Waals surface area contributed by atoms with Gasteiger partial charge >= 0.3 is 136 Å². The molecule has 0 atom stereocenters.